The number of hydrogen-bond acceptors (Lipinski definition) is 4. The number of thiophene rings is 1. The van der Waals surface area contributed by atoms with Crippen molar-refractivity contribution in [2.45, 2.75) is 18.1 Å². The van der Waals surface area contributed by atoms with Crippen molar-refractivity contribution in [3.05, 3.63) is 69.4 Å². The number of aromatic nitrogens is 2. The summed E-state index contributed by atoms with van der Waals surface area (Å²) in [5.74, 6) is 0. The molecule has 0 amide bonds. The third-order valence-electron chi connectivity index (χ3n) is 4.17. The molecule has 1 aromatic carbocycles. The monoisotopic (exact) mass is 481 g/mol. The molecule has 0 saturated heterocycles. The maximum Gasteiger partial charge on any atom is 0.0981 e. The Labute approximate surface area is 183 Å². The molecule has 3 nitrogen and oxygen atoms in total. The van der Waals surface area contributed by atoms with E-state index in [9.17, 15) is 0 Å². The molecule has 1 unspecified atom stereocenters. The summed E-state index contributed by atoms with van der Waals surface area (Å²) in [5.41, 5.74) is 2.90. The molecule has 7 heteroatoms. The molecule has 0 bridgehead atoms. The molecular weight excluding hydrogens is 462 g/mol. The highest BCUT2D eigenvalue weighted by Crippen LogP contribution is 2.35. The van der Waals surface area contributed by atoms with Crippen LogP contribution in [0.25, 0.3) is 16.3 Å². The summed E-state index contributed by atoms with van der Waals surface area (Å²) in [7, 11) is 1.98. The number of rotatable bonds is 8. The number of halogens is 2. The van der Waals surface area contributed by atoms with Gasteiger partial charge in [-0.15, -0.1) is 11.3 Å². The fourth-order valence-electron chi connectivity index (χ4n) is 2.67. The molecular formula is C20H21BrClN3S2. The molecule has 3 aromatic rings. The third kappa shape index (κ3) is 5.41. The topological polar surface area (TPSA) is 29.9 Å². The summed E-state index contributed by atoms with van der Waals surface area (Å²) < 4.78 is 2.85. The molecule has 27 heavy (non-hydrogen) atoms. The molecule has 0 fully saturated rings. The van der Waals surface area contributed by atoms with Crippen molar-refractivity contribution in [1.82, 2.24) is 14.9 Å². The van der Waals surface area contributed by atoms with Crippen molar-refractivity contribution in [3.8, 4) is 10.6 Å². The van der Waals surface area contributed by atoms with E-state index in [4.69, 9.17) is 24.2 Å². The molecule has 1 atom stereocenters. The van der Waals surface area contributed by atoms with E-state index >= 15 is 0 Å². The highest BCUT2D eigenvalue weighted by Gasteiger charge is 2.12. The van der Waals surface area contributed by atoms with Crippen molar-refractivity contribution in [2.24, 2.45) is 7.05 Å². The summed E-state index contributed by atoms with van der Waals surface area (Å²) >= 11 is 16.1. The van der Waals surface area contributed by atoms with Crippen LogP contribution in [-0.4, -0.2) is 16.1 Å². The first-order valence-corrected chi connectivity index (χ1v) is 11.1. The molecule has 1 N–H and O–H groups in total. The second-order valence-corrected chi connectivity index (χ2v) is 9.32. The molecule has 3 rings (SSSR count). The molecule has 0 spiro atoms. The number of benzene rings is 1. The highest BCUT2D eigenvalue weighted by atomic mass is 79.9. The van der Waals surface area contributed by atoms with Crippen molar-refractivity contribution >= 4 is 57.2 Å². The highest BCUT2D eigenvalue weighted by molar-refractivity contribution is 9.10. The van der Waals surface area contributed by atoms with Gasteiger partial charge in [-0.1, -0.05) is 24.2 Å². The molecule has 0 aliphatic rings. The minimum Gasteiger partial charge on any atom is -0.385 e. The molecule has 0 aliphatic carbocycles. The molecule has 0 radical (unpaired) electrons. The summed E-state index contributed by atoms with van der Waals surface area (Å²) in [5, 5.41) is 4.29. The first-order valence-electron chi connectivity index (χ1n) is 8.58. The van der Waals surface area contributed by atoms with Gasteiger partial charge in [0.1, 0.15) is 0 Å². The summed E-state index contributed by atoms with van der Waals surface area (Å²) in [4.78, 5) is 6.87. The number of hydrogen-bond donors (Lipinski definition) is 2. The van der Waals surface area contributed by atoms with Gasteiger partial charge in [0.15, 0.2) is 0 Å². The van der Waals surface area contributed by atoms with Gasteiger partial charge in [-0.2, -0.15) is 12.6 Å². The van der Waals surface area contributed by atoms with Crippen molar-refractivity contribution in [2.75, 3.05) is 6.54 Å². The molecule has 0 aliphatic heterocycles. The Morgan fingerprint density at radius 1 is 1.41 bits per heavy atom. The number of aryl methyl sites for hydroxylation is 1. The molecule has 2 heterocycles. The first kappa shape index (κ1) is 20.5. The van der Waals surface area contributed by atoms with Crippen LogP contribution >= 0.6 is 51.5 Å². The van der Waals surface area contributed by atoms with Crippen molar-refractivity contribution in [1.29, 1.82) is 0 Å². The lowest BCUT2D eigenvalue weighted by molar-refractivity contribution is 0.700. The van der Waals surface area contributed by atoms with Gasteiger partial charge >= 0.3 is 0 Å². The normalized spacial score (nSPS) is 12.1. The zero-order valence-electron chi connectivity index (χ0n) is 15.0. The Bertz CT molecular complexity index is 935. The second-order valence-electron chi connectivity index (χ2n) is 6.32. The van der Waals surface area contributed by atoms with E-state index in [0.29, 0.717) is 5.02 Å². The van der Waals surface area contributed by atoms with Crippen LogP contribution in [0.15, 0.2) is 53.9 Å². The van der Waals surface area contributed by atoms with E-state index in [1.807, 2.05) is 42.3 Å². The Balaban J connectivity index is 1.47. The van der Waals surface area contributed by atoms with Gasteiger partial charge in [-0.05, 0) is 58.6 Å². The zero-order chi connectivity index (χ0) is 19.4. The molecule has 2 aromatic heterocycles. The van der Waals surface area contributed by atoms with E-state index in [-0.39, 0.29) is 5.25 Å². The predicted molar refractivity (Wildman–Crippen MR) is 124 cm³/mol. The van der Waals surface area contributed by atoms with Gasteiger partial charge in [0.2, 0.25) is 0 Å². The minimum absolute atomic E-state index is 0.227. The van der Waals surface area contributed by atoms with Gasteiger partial charge in [0.25, 0.3) is 0 Å². The van der Waals surface area contributed by atoms with Crippen LogP contribution in [0.1, 0.15) is 28.5 Å². The quantitative estimate of drug-likeness (QED) is 0.281. The van der Waals surface area contributed by atoms with Crippen molar-refractivity contribution < 1.29 is 0 Å². The van der Waals surface area contributed by atoms with Gasteiger partial charge in [-0.25, -0.2) is 4.98 Å². The standard InChI is InChI=1S/C20H21BrClN3S2/c1-13(14-5-6-15(21)16(22)10-14)23-9-3-4-18(26)20-8-7-19(27-20)17-11-25(2)12-24-17/h5-8,10-12,18,23,26H,1,3-4,9H2,2H3. The maximum atomic E-state index is 6.15. The van der Waals surface area contributed by atoms with Gasteiger partial charge in [0.05, 0.1) is 21.9 Å². The Kier molecular flexibility index (Phi) is 7.09. The smallest absolute Gasteiger partial charge is 0.0981 e. The summed E-state index contributed by atoms with van der Waals surface area (Å²) in [6.45, 7) is 4.95. The molecule has 142 valence electrons. The SMILES string of the molecule is C=C(NCCCC(S)c1ccc(-c2cn(C)cn2)s1)c1ccc(Br)c(Cl)c1. The Morgan fingerprint density at radius 3 is 2.93 bits per heavy atom. The Hall–Kier alpha value is -1.21. The van der Waals surface area contributed by atoms with Crippen molar-refractivity contribution in [3.63, 3.8) is 0 Å². The van der Waals surface area contributed by atoms with Crippen LogP contribution in [0.5, 0.6) is 0 Å². The lowest BCUT2D eigenvalue weighted by Crippen LogP contribution is -2.13. The van der Waals surface area contributed by atoms with Crippen LogP contribution in [-0.2, 0) is 7.05 Å². The Morgan fingerprint density at radius 2 is 2.22 bits per heavy atom. The van der Waals surface area contributed by atoms with E-state index in [1.165, 1.54) is 9.75 Å². The summed E-state index contributed by atoms with van der Waals surface area (Å²) in [6, 6.07) is 10.1. The number of thiol groups is 1. The summed E-state index contributed by atoms with van der Waals surface area (Å²) in [6.07, 6.45) is 5.86. The van der Waals surface area contributed by atoms with Gasteiger partial charge in [0, 0.05) is 40.1 Å². The largest absolute Gasteiger partial charge is 0.385 e. The van der Waals surface area contributed by atoms with Crippen LogP contribution in [0.3, 0.4) is 0 Å². The van der Waals surface area contributed by atoms with E-state index in [0.717, 1.165) is 40.8 Å². The lowest BCUT2D eigenvalue weighted by Gasteiger charge is -2.12. The minimum atomic E-state index is 0.227. The van der Waals surface area contributed by atoms with Gasteiger partial charge in [-0.3, -0.25) is 0 Å². The van der Waals surface area contributed by atoms with Gasteiger partial charge < -0.3 is 9.88 Å². The van der Waals surface area contributed by atoms with Crippen LogP contribution in [0, 0.1) is 0 Å². The predicted octanol–water partition coefficient (Wildman–Crippen LogP) is 6.58. The zero-order valence-corrected chi connectivity index (χ0v) is 19.0. The van der Waals surface area contributed by atoms with E-state index in [1.54, 1.807) is 11.3 Å². The second kappa shape index (κ2) is 9.32. The fourth-order valence-corrected chi connectivity index (χ4v) is 4.52. The third-order valence-corrected chi connectivity index (χ3v) is 7.34. The van der Waals surface area contributed by atoms with Crippen LogP contribution < -0.4 is 5.32 Å². The lowest BCUT2D eigenvalue weighted by atomic mass is 10.1. The maximum absolute atomic E-state index is 6.15. The first-order chi connectivity index (χ1) is 12.9. The van der Waals surface area contributed by atoms with E-state index in [2.05, 4.69) is 44.9 Å². The van der Waals surface area contributed by atoms with E-state index < -0.39 is 0 Å². The van der Waals surface area contributed by atoms with Crippen LogP contribution in [0.2, 0.25) is 5.02 Å². The fraction of sp³-hybridized carbons (Fsp3) is 0.250. The number of imidazole rings is 1. The average molecular weight is 483 g/mol. The number of nitrogens with one attached hydrogen (secondary N) is 1. The number of nitrogens with zero attached hydrogens (tertiary/aromatic N) is 2. The average Bonchev–Trinajstić information content (AvgIpc) is 3.29. The van der Waals surface area contributed by atoms with Crippen LogP contribution in [0.4, 0.5) is 0 Å². The molecule has 0 saturated carbocycles.